The molecule has 0 atom stereocenters. The molecule has 170 valence electrons. The van der Waals surface area contributed by atoms with E-state index in [2.05, 4.69) is 16.0 Å². The number of hydrogen-bond acceptors (Lipinski definition) is 4. The van der Waals surface area contributed by atoms with E-state index in [0.29, 0.717) is 17.1 Å². The summed E-state index contributed by atoms with van der Waals surface area (Å²) in [6, 6.07) is 10.3. The molecule has 2 rings (SSSR count). The number of amides is 3. The van der Waals surface area contributed by atoms with Crippen LogP contribution in [0.1, 0.15) is 62.3 Å². The van der Waals surface area contributed by atoms with Gasteiger partial charge >= 0.3 is 5.97 Å². The van der Waals surface area contributed by atoms with E-state index in [1.165, 1.54) is 36.4 Å². The standard InChI is InChI=1S/C24H29N3O5/c1-23(2,3)21(31)26-17-11-15(12-18(13-17)27-22(32)24(4,5)6)19(28)25-16-9-7-14(8-10-16)20(29)30/h7-13H,1-6H3,(H,25,28)(H,26,31)(H,27,32)(H,29,30). The van der Waals surface area contributed by atoms with Gasteiger partial charge in [0, 0.05) is 33.5 Å². The molecule has 0 unspecified atom stereocenters. The number of carbonyl (C=O) groups is 4. The highest BCUT2D eigenvalue weighted by atomic mass is 16.4. The van der Waals surface area contributed by atoms with Crippen molar-refractivity contribution in [3.63, 3.8) is 0 Å². The van der Waals surface area contributed by atoms with Crippen molar-refractivity contribution in [2.24, 2.45) is 10.8 Å². The lowest BCUT2D eigenvalue weighted by molar-refractivity contribution is -0.123. The van der Waals surface area contributed by atoms with E-state index < -0.39 is 22.7 Å². The van der Waals surface area contributed by atoms with Crippen LogP contribution >= 0.6 is 0 Å². The second-order valence-corrected chi connectivity index (χ2v) is 9.54. The van der Waals surface area contributed by atoms with Crippen molar-refractivity contribution in [2.75, 3.05) is 16.0 Å². The zero-order valence-electron chi connectivity index (χ0n) is 19.1. The van der Waals surface area contributed by atoms with E-state index in [-0.39, 0.29) is 22.9 Å². The molecular formula is C24H29N3O5. The lowest BCUT2D eigenvalue weighted by Gasteiger charge is -2.20. The number of rotatable bonds is 5. The molecule has 0 aromatic heterocycles. The number of carboxylic acid groups (broad SMARTS) is 1. The number of carbonyl (C=O) groups excluding carboxylic acids is 3. The molecule has 0 spiro atoms. The van der Waals surface area contributed by atoms with Gasteiger partial charge in [-0.25, -0.2) is 4.79 Å². The molecule has 3 amide bonds. The molecule has 0 heterocycles. The molecule has 0 radical (unpaired) electrons. The summed E-state index contributed by atoms with van der Waals surface area (Å²) >= 11 is 0. The fourth-order valence-electron chi connectivity index (χ4n) is 2.44. The molecule has 8 heteroatoms. The summed E-state index contributed by atoms with van der Waals surface area (Å²) < 4.78 is 0. The normalized spacial score (nSPS) is 11.4. The molecule has 2 aromatic rings. The first kappa shape index (κ1) is 24.6. The van der Waals surface area contributed by atoms with Gasteiger partial charge in [0.1, 0.15) is 0 Å². The second-order valence-electron chi connectivity index (χ2n) is 9.54. The Hall–Kier alpha value is -3.68. The number of aromatic carboxylic acids is 1. The van der Waals surface area contributed by atoms with Gasteiger partial charge in [-0.2, -0.15) is 0 Å². The van der Waals surface area contributed by atoms with Gasteiger partial charge in [-0.3, -0.25) is 14.4 Å². The van der Waals surface area contributed by atoms with E-state index in [1.54, 1.807) is 47.6 Å². The largest absolute Gasteiger partial charge is 0.478 e. The third-order valence-electron chi connectivity index (χ3n) is 4.46. The minimum atomic E-state index is -1.07. The van der Waals surface area contributed by atoms with E-state index in [4.69, 9.17) is 5.11 Å². The summed E-state index contributed by atoms with van der Waals surface area (Å²) in [4.78, 5) is 48.7. The molecule has 0 saturated carbocycles. The fraction of sp³-hybridized carbons (Fsp3) is 0.333. The number of carboxylic acids is 1. The first-order chi connectivity index (χ1) is 14.7. The average molecular weight is 440 g/mol. The fourth-order valence-corrected chi connectivity index (χ4v) is 2.44. The molecule has 0 bridgehead atoms. The van der Waals surface area contributed by atoms with Crippen molar-refractivity contribution >= 4 is 40.8 Å². The Balaban J connectivity index is 2.35. The maximum atomic E-state index is 12.8. The summed E-state index contributed by atoms with van der Waals surface area (Å²) in [5.41, 5.74) is 0.138. The van der Waals surface area contributed by atoms with Crippen LogP contribution in [0.15, 0.2) is 42.5 Å². The van der Waals surface area contributed by atoms with E-state index >= 15 is 0 Å². The van der Waals surface area contributed by atoms with Gasteiger partial charge in [0.05, 0.1) is 5.56 Å². The van der Waals surface area contributed by atoms with Crippen molar-refractivity contribution < 1.29 is 24.3 Å². The van der Waals surface area contributed by atoms with Crippen LogP contribution in [0.2, 0.25) is 0 Å². The van der Waals surface area contributed by atoms with Crippen LogP contribution in [0.3, 0.4) is 0 Å². The molecule has 4 N–H and O–H groups in total. The summed E-state index contributed by atoms with van der Waals surface area (Å²) in [7, 11) is 0. The SMILES string of the molecule is CC(C)(C)C(=O)Nc1cc(NC(=O)C(C)(C)C)cc(C(=O)Nc2ccc(C(=O)O)cc2)c1. The van der Waals surface area contributed by atoms with E-state index in [1.807, 2.05) is 0 Å². The lowest BCUT2D eigenvalue weighted by Crippen LogP contribution is -2.29. The van der Waals surface area contributed by atoms with Crippen LogP contribution in [0.25, 0.3) is 0 Å². The Bertz CT molecular complexity index is 999. The van der Waals surface area contributed by atoms with Crippen LogP contribution in [0, 0.1) is 10.8 Å². The Kier molecular flexibility index (Phi) is 7.08. The second kappa shape index (κ2) is 9.21. The van der Waals surface area contributed by atoms with Gasteiger partial charge < -0.3 is 21.1 Å². The van der Waals surface area contributed by atoms with Gasteiger partial charge in [0.15, 0.2) is 0 Å². The van der Waals surface area contributed by atoms with E-state index in [0.717, 1.165) is 0 Å². The summed E-state index contributed by atoms with van der Waals surface area (Å²) in [6.45, 7) is 10.6. The number of anilines is 3. The first-order valence-corrected chi connectivity index (χ1v) is 10.1. The zero-order chi connectivity index (χ0) is 24.3. The molecule has 0 aliphatic heterocycles. The molecular weight excluding hydrogens is 410 g/mol. The monoisotopic (exact) mass is 439 g/mol. The predicted octanol–water partition coefficient (Wildman–Crippen LogP) is 4.61. The number of hydrogen-bond donors (Lipinski definition) is 4. The maximum absolute atomic E-state index is 12.8. The van der Waals surface area contributed by atoms with Crippen LogP contribution in [0.5, 0.6) is 0 Å². The zero-order valence-corrected chi connectivity index (χ0v) is 19.1. The van der Waals surface area contributed by atoms with Crippen molar-refractivity contribution in [2.45, 2.75) is 41.5 Å². The van der Waals surface area contributed by atoms with E-state index in [9.17, 15) is 19.2 Å². The Morgan fingerprint density at radius 2 is 1.06 bits per heavy atom. The highest BCUT2D eigenvalue weighted by Crippen LogP contribution is 2.25. The maximum Gasteiger partial charge on any atom is 0.335 e. The molecule has 0 saturated heterocycles. The van der Waals surface area contributed by atoms with Gasteiger partial charge in [0.25, 0.3) is 5.91 Å². The quantitative estimate of drug-likeness (QED) is 0.542. The average Bonchev–Trinajstić information content (AvgIpc) is 2.66. The third-order valence-corrected chi connectivity index (χ3v) is 4.46. The Morgan fingerprint density at radius 1 is 0.625 bits per heavy atom. The van der Waals surface area contributed by atoms with Crippen LogP contribution in [-0.2, 0) is 9.59 Å². The molecule has 2 aromatic carbocycles. The Labute approximate surface area is 187 Å². The van der Waals surface area contributed by atoms with Crippen molar-refractivity contribution in [1.29, 1.82) is 0 Å². The third kappa shape index (κ3) is 6.66. The summed E-state index contributed by atoms with van der Waals surface area (Å²) in [5, 5.41) is 17.2. The number of benzene rings is 2. The molecule has 0 fully saturated rings. The minimum absolute atomic E-state index is 0.0991. The highest BCUT2D eigenvalue weighted by Gasteiger charge is 2.24. The van der Waals surface area contributed by atoms with Gasteiger partial charge in [0.2, 0.25) is 11.8 Å². The topological polar surface area (TPSA) is 125 Å². The van der Waals surface area contributed by atoms with Crippen LogP contribution in [-0.4, -0.2) is 28.8 Å². The number of nitrogens with one attached hydrogen (secondary N) is 3. The molecule has 0 aliphatic rings. The van der Waals surface area contributed by atoms with Gasteiger partial charge in [-0.05, 0) is 42.5 Å². The minimum Gasteiger partial charge on any atom is -0.478 e. The summed E-state index contributed by atoms with van der Waals surface area (Å²) in [5.74, 6) is -2.03. The van der Waals surface area contributed by atoms with Crippen LogP contribution < -0.4 is 16.0 Å². The molecule has 32 heavy (non-hydrogen) atoms. The molecule has 0 aliphatic carbocycles. The smallest absolute Gasteiger partial charge is 0.335 e. The van der Waals surface area contributed by atoms with Crippen molar-refractivity contribution in [1.82, 2.24) is 0 Å². The highest BCUT2D eigenvalue weighted by molar-refractivity contribution is 6.07. The Morgan fingerprint density at radius 3 is 1.44 bits per heavy atom. The molecule has 8 nitrogen and oxygen atoms in total. The summed E-state index contributed by atoms with van der Waals surface area (Å²) in [6.07, 6.45) is 0. The van der Waals surface area contributed by atoms with Crippen LogP contribution in [0.4, 0.5) is 17.1 Å². The van der Waals surface area contributed by atoms with Gasteiger partial charge in [-0.15, -0.1) is 0 Å². The van der Waals surface area contributed by atoms with Crippen molar-refractivity contribution in [3.05, 3.63) is 53.6 Å². The predicted molar refractivity (Wildman–Crippen MR) is 124 cm³/mol. The lowest BCUT2D eigenvalue weighted by atomic mass is 9.95. The van der Waals surface area contributed by atoms with Gasteiger partial charge in [-0.1, -0.05) is 41.5 Å². The first-order valence-electron chi connectivity index (χ1n) is 10.1. The van der Waals surface area contributed by atoms with Crippen molar-refractivity contribution in [3.8, 4) is 0 Å².